The van der Waals surface area contributed by atoms with Crippen LogP contribution >= 0.6 is 12.4 Å². The van der Waals surface area contributed by atoms with Crippen molar-refractivity contribution in [2.75, 3.05) is 26.3 Å². The summed E-state index contributed by atoms with van der Waals surface area (Å²) < 4.78 is 10.8. The fraction of sp³-hybridized carbons (Fsp3) is 0.462. The van der Waals surface area contributed by atoms with Crippen molar-refractivity contribution >= 4 is 18.3 Å². The number of amides is 1. The minimum Gasteiger partial charge on any atom is -0.490 e. The minimum absolute atomic E-state index is 0. The van der Waals surface area contributed by atoms with Gasteiger partial charge in [0.25, 0.3) is 5.91 Å². The lowest BCUT2D eigenvalue weighted by Gasteiger charge is -2.11. The molecule has 5 nitrogen and oxygen atoms in total. The van der Waals surface area contributed by atoms with Crippen LogP contribution in [0.2, 0.25) is 0 Å². The first kappa shape index (κ1) is 17.5. The van der Waals surface area contributed by atoms with Crippen LogP contribution < -0.4 is 20.5 Å². The first-order chi connectivity index (χ1) is 8.77. The third-order valence-corrected chi connectivity index (χ3v) is 2.21. The summed E-state index contributed by atoms with van der Waals surface area (Å²) in [5.41, 5.74) is 5.33. The van der Waals surface area contributed by atoms with Crippen LogP contribution in [0.25, 0.3) is 0 Å². The zero-order valence-corrected chi connectivity index (χ0v) is 11.9. The van der Waals surface area contributed by atoms with Crippen molar-refractivity contribution in [3.63, 3.8) is 0 Å². The normalized spacial score (nSPS) is 9.37. The molecule has 1 amide bonds. The number of rotatable bonds is 8. The maximum absolute atomic E-state index is 11.4. The molecule has 0 atom stereocenters. The quantitative estimate of drug-likeness (QED) is 0.708. The van der Waals surface area contributed by atoms with Crippen molar-refractivity contribution in [2.45, 2.75) is 13.3 Å². The molecule has 0 spiro atoms. The van der Waals surface area contributed by atoms with Gasteiger partial charge in [-0.05, 0) is 32.0 Å². The van der Waals surface area contributed by atoms with Crippen molar-refractivity contribution in [3.05, 3.63) is 24.3 Å². The molecule has 0 radical (unpaired) electrons. The Morgan fingerprint density at radius 2 is 1.89 bits per heavy atom. The molecule has 0 aliphatic heterocycles. The van der Waals surface area contributed by atoms with Gasteiger partial charge in [-0.15, -0.1) is 12.4 Å². The number of carbonyl (C=O) groups excluding carboxylic acids is 1. The predicted octanol–water partition coefficient (Wildman–Crippen LogP) is 1.35. The maximum Gasteiger partial charge on any atom is 0.257 e. The van der Waals surface area contributed by atoms with Crippen LogP contribution in [0, 0.1) is 0 Å². The molecule has 1 aromatic rings. The Morgan fingerprint density at radius 3 is 2.47 bits per heavy atom. The second kappa shape index (κ2) is 10.5. The molecular weight excluding hydrogens is 268 g/mol. The SMILES string of the molecule is CCOc1ccccc1OCC(=O)NCCCN.Cl. The van der Waals surface area contributed by atoms with E-state index in [1.165, 1.54) is 0 Å². The number of halogens is 1. The van der Waals surface area contributed by atoms with Gasteiger partial charge in [-0.3, -0.25) is 4.79 Å². The van der Waals surface area contributed by atoms with Crippen LogP contribution in [0.5, 0.6) is 11.5 Å². The molecule has 0 aliphatic rings. The standard InChI is InChI=1S/C13H20N2O3.ClH/c1-2-17-11-6-3-4-7-12(11)18-10-13(16)15-9-5-8-14;/h3-4,6-7H,2,5,8-10,14H2,1H3,(H,15,16);1H. The molecule has 0 saturated heterocycles. The Labute approximate surface area is 119 Å². The second-order valence-corrected chi connectivity index (χ2v) is 3.66. The molecule has 1 aromatic carbocycles. The Kier molecular flexibility index (Phi) is 9.66. The van der Waals surface area contributed by atoms with E-state index in [2.05, 4.69) is 5.32 Å². The van der Waals surface area contributed by atoms with Gasteiger partial charge < -0.3 is 20.5 Å². The highest BCUT2D eigenvalue weighted by Crippen LogP contribution is 2.26. The van der Waals surface area contributed by atoms with Gasteiger partial charge in [0.1, 0.15) is 0 Å². The summed E-state index contributed by atoms with van der Waals surface area (Å²) in [7, 11) is 0. The topological polar surface area (TPSA) is 73.6 Å². The van der Waals surface area contributed by atoms with Gasteiger partial charge >= 0.3 is 0 Å². The molecule has 0 aromatic heterocycles. The minimum atomic E-state index is -0.158. The van der Waals surface area contributed by atoms with E-state index < -0.39 is 0 Å². The monoisotopic (exact) mass is 288 g/mol. The summed E-state index contributed by atoms with van der Waals surface area (Å²) in [5, 5.41) is 2.72. The van der Waals surface area contributed by atoms with Gasteiger partial charge in [0.15, 0.2) is 18.1 Å². The van der Waals surface area contributed by atoms with E-state index in [0.29, 0.717) is 31.2 Å². The summed E-state index contributed by atoms with van der Waals surface area (Å²) >= 11 is 0. The number of hydrogen-bond acceptors (Lipinski definition) is 4. The summed E-state index contributed by atoms with van der Waals surface area (Å²) in [4.78, 5) is 11.4. The number of para-hydroxylation sites is 2. The molecule has 19 heavy (non-hydrogen) atoms. The van der Waals surface area contributed by atoms with Crippen molar-refractivity contribution in [1.29, 1.82) is 0 Å². The summed E-state index contributed by atoms with van der Waals surface area (Å²) in [6.45, 7) is 3.58. The molecule has 1 rings (SSSR count). The van der Waals surface area contributed by atoms with Gasteiger partial charge in [-0.1, -0.05) is 12.1 Å². The number of hydrogen-bond donors (Lipinski definition) is 2. The first-order valence-electron chi connectivity index (χ1n) is 6.09. The molecule has 0 fully saturated rings. The fourth-order valence-electron chi connectivity index (χ4n) is 1.37. The van der Waals surface area contributed by atoms with E-state index >= 15 is 0 Å². The van der Waals surface area contributed by atoms with Crippen LogP contribution in [0.4, 0.5) is 0 Å². The zero-order chi connectivity index (χ0) is 13.2. The van der Waals surface area contributed by atoms with Gasteiger partial charge in [0, 0.05) is 6.54 Å². The largest absolute Gasteiger partial charge is 0.490 e. The highest BCUT2D eigenvalue weighted by molar-refractivity contribution is 5.85. The summed E-state index contributed by atoms with van der Waals surface area (Å²) in [6.07, 6.45) is 0.765. The number of nitrogens with one attached hydrogen (secondary N) is 1. The molecule has 6 heteroatoms. The Hall–Kier alpha value is -1.46. The van der Waals surface area contributed by atoms with E-state index in [1.807, 2.05) is 25.1 Å². The Balaban J connectivity index is 0.00000324. The Bertz CT molecular complexity index is 375. The van der Waals surface area contributed by atoms with Crippen molar-refractivity contribution in [1.82, 2.24) is 5.32 Å². The van der Waals surface area contributed by atoms with Crippen molar-refractivity contribution in [2.24, 2.45) is 5.73 Å². The summed E-state index contributed by atoms with van der Waals surface area (Å²) in [6, 6.07) is 7.28. The maximum atomic E-state index is 11.4. The summed E-state index contributed by atoms with van der Waals surface area (Å²) in [5.74, 6) is 1.07. The molecular formula is C13H21ClN2O3. The first-order valence-corrected chi connectivity index (χ1v) is 6.09. The van der Waals surface area contributed by atoms with Gasteiger partial charge in [-0.2, -0.15) is 0 Å². The van der Waals surface area contributed by atoms with Gasteiger partial charge in [0.2, 0.25) is 0 Å². The third-order valence-electron chi connectivity index (χ3n) is 2.21. The number of benzene rings is 1. The smallest absolute Gasteiger partial charge is 0.257 e. The lowest BCUT2D eigenvalue weighted by atomic mass is 10.3. The number of ether oxygens (including phenoxy) is 2. The van der Waals surface area contributed by atoms with Gasteiger partial charge in [0.05, 0.1) is 6.61 Å². The van der Waals surface area contributed by atoms with E-state index in [9.17, 15) is 4.79 Å². The molecule has 0 unspecified atom stereocenters. The van der Waals surface area contributed by atoms with Crippen molar-refractivity contribution in [3.8, 4) is 11.5 Å². The molecule has 0 aliphatic carbocycles. The van der Waals surface area contributed by atoms with Crippen LogP contribution in [0.3, 0.4) is 0 Å². The average molecular weight is 289 g/mol. The fourth-order valence-corrected chi connectivity index (χ4v) is 1.37. The highest BCUT2D eigenvalue weighted by atomic mass is 35.5. The van der Waals surface area contributed by atoms with Crippen LogP contribution in [-0.4, -0.2) is 32.2 Å². The molecule has 3 N–H and O–H groups in total. The second-order valence-electron chi connectivity index (χ2n) is 3.66. The van der Waals surface area contributed by atoms with Gasteiger partial charge in [-0.25, -0.2) is 0 Å². The van der Waals surface area contributed by atoms with E-state index in [1.54, 1.807) is 6.07 Å². The van der Waals surface area contributed by atoms with Crippen LogP contribution in [0.1, 0.15) is 13.3 Å². The highest BCUT2D eigenvalue weighted by Gasteiger charge is 2.06. The molecule has 108 valence electrons. The van der Waals surface area contributed by atoms with E-state index in [0.717, 1.165) is 6.42 Å². The van der Waals surface area contributed by atoms with E-state index in [-0.39, 0.29) is 24.9 Å². The Morgan fingerprint density at radius 1 is 1.26 bits per heavy atom. The molecule has 0 heterocycles. The van der Waals surface area contributed by atoms with Crippen LogP contribution in [-0.2, 0) is 4.79 Å². The zero-order valence-electron chi connectivity index (χ0n) is 11.1. The number of nitrogens with two attached hydrogens (primary N) is 1. The van der Waals surface area contributed by atoms with E-state index in [4.69, 9.17) is 15.2 Å². The molecule has 0 bridgehead atoms. The third kappa shape index (κ3) is 6.88. The van der Waals surface area contributed by atoms with Crippen molar-refractivity contribution < 1.29 is 14.3 Å². The lowest BCUT2D eigenvalue weighted by molar-refractivity contribution is -0.123. The molecule has 0 saturated carbocycles. The number of carbonyl (C=O) groups is 1. The van der Waals surface area contributed by atoms with Crippen LogP contribution in [0.15, 0.2) is 24.3 Å². The lowest BCUT2D eigenvalue weighted by Crippen LogP contribution is -2.30. The average Bonchev–Trinajstić information content (AvgIpc) is 2.38. The predicted molar refractivity (Wildman–Crippen MR) is 77.0 cm³/mol.